The Morgan fingerprint density at radius 3 is 2.72 bits per heavy atom. The highest BCUT2D eigenvalue weighted by molar-refractivity contribution is 5.93. The van der Waals surface area contributed by atoms with Crippen molar-refractivity contribution in [2.75, 3.05) is 0 Å². The first-order valence-electron chi connectivity index (χ1n) is 8.78. The van der Waals surface area contributed by atoms with Gasteiger partial charge in [-0.25, -0.2) is 9.59 Å². The molecule has 2 aliphatic carbocycles. The second-order valence-electron chi connectivity index (χ2n) is 8.21. The first-order chi connectivity index (χ1) is 11.6. The van der Waals surface area contributed by atoms with Crippen LogP contribution in [0.4, 0.5) is 0 Å². The molecule has 2 aliphatic heterocycles. The van der Waals surface area contributed by atoms with Gasteiger partial charge in [0.05, 0.1) is 11.7 Å². The molecule has 25 heavy (non-hydrogen) atoms. The molecule has 136 valence electrons. The minimum absolute atomic E-state index is 0.00934. The first kappa shape index (κ1) is 16.8. The Morgan fingerprint density at radius 1 is 1.40 bits per heavy atom. The predicted molar refractivity (Wildman–Crippen MR) is 87.2 cm³/mol. The van der Waals surface area contributed by atoms with E-state index >= 15 is 0 Å². The molecule has 6 nitrogen and oxygen atoms in total. The van der Waals surface area contributed by atoms with Crippen LogP contribution in [0.15, 0.2) is 23.3 Å². The fourth-order valence-corrected chi connectivity index (χ4v) is 5.20. The first-order valence-corrected chi connectivity index (χ1v) is 8.78. The van der Waals surface area contributed by atoms with Gasteiger partial charge in [-0.3, -0.25) is 0 Å². The largest absolute Gasteiger partial charge is 0.453 e. The summed E-state index contributed by atoms with van der Waals surface area (Å²) in [6.45, 7) is 11.0. The van der Waals surface area contributed by atoms with Crippen molar-refractivity contribution in [1.82, 2.24) is 0 Å². The number of fused-ring (bicyclic) bond motifs is 1. The lowest BCUT2D eigenvalue weighted by Crippen LogP contribution is -2.64. The van der Waals surface area contributed by atoms with Crippen LogP contribution < -0.4 is 0 Å². The fourth-order valence-electron chi connectivity index (χ4n) is 5.20. The number of aliphatic hydroxyl groups is 1. The van der Waals surface area contributed by atoms with Crippen LogP contribution in [0.5, 0.6) is 0 Å². The molecule has 1 N–H and O–H groups in total. The van der Waals surface area contributed by atoms with Gasteiger partial charge in [0.2, 0.25) is 5.79 Å². The van der Waals surface area contributed by atoms with Crippen molar-refractivity contribution in [3.05, 3.63) is 23.3 Å². The van der Waals surface area contributed by atoms with Gasteiger partial charge in [0.15, 0.2) is 0 Å². The number of hydrogen-bond donors (Lipinski definition) is 1. The molecule has 2 saturated carbocycles. The quantitative estimate of drug-likeness (QED) is 0.467. The number of hydrogen-bond acceptors (Lipinski definition) is 6. The number of ether oxygens (including phenoxy) is 3. The minimum Gasteiger partial charge on any atom is -0.453 e. The minimum atomic E-state index is -1.77. The zero-order valence-corrected chi connectivity index (χ0v) is 15.0. The summed E-state index contributed by atoms with van der Waals surface area (Å²) in [5.41, 5.74) is -0.241. The van der Waals surface area contributed by atoms with Crippen molar-refractivity contribution in [1.29, 1.82) is 0 Å². The molecule has 0 radical (unpaired) electrons. The van der Waals surface area contributed by atoms with Crippen LogP contribution in [-0.4, -0.2) is 40.6 Å². The molecule has 3 fully saturated rings. The van der Waals surface area contributed by atoms with E-state index in [0.29, 0.717) is 11.1 Å². The summed E-state index contributed by atoms with van der Waals surface area (Å²) in [7, 11) is 0. The number of carbonyl (C=O) groups is 2. The second kappa shape index (κ2) is 4.74. The highest BCUT2D eigenvalue weighted by Crippen LogP contribution is 2.70. The highest BCUT2D eigenvalue weighted by atomic mass is 16.7. The summed E-state index contributed by atoms with van der Waals surface area (Å²) in [4.78, 5) is 24.5. The van der Waals surface area contributed by atoms with Crippen molar-refractivity contribution in [2.24, 2.45) is 11.3 Å². The summed E-state index contributed by atoms with van der Waals surface area (Å²) < 4.78 is 17.2. The molecule has 4 rings (SSSR count). The lowest BCUT2D eigenvalue weighted by Gasteiger charge is -2.54. The number of epoxide rings is 1. The third-order valence-electron chi connectivity index (χ3n) is 6.89. The van der Waals surface area contributed by atoms with E-state index in [9.17, 15) is 14.7 Å². The van der Waals surface area contributed by atoms with Crippen LogP contribution in [0.25, 0.3) is 0 Å². The topological polar surface area (TPSA) is 85.4 Å². The van der Waals surface area contributed by atoms with E-state index in [0.717, 1.165) is 12.8 Å². The molecule has 2 heterocycles. The van der Waals surface area contributed by atoms with Crippen LogP contribution in [-0.2, 0) is 23.8 Å². The maximum Gasteiger partial charge on any atom is 0.336 e. The lowest BCUT2D eigenvalue weighted by molar-refractivity contribution is -0.225. The average molecular weight is 348 g/mol. The van der Waals surface area contributed by atoms with Gasteiger partial charge in [-0.1, -0.05) is 20.4 Å². The maximum absolute atomic E-state index is 12.3. The molecule has 1 saturated heterocycles. The normalized spacial score (nSPS) is 47.4. The van der Waals surface area contributed by atoms with E-state index in [1.54, 1.807) is 13.8 Å². The molecule has 1 spiro atoms. The summed E-state index contributed by atoms with van der Waals surface area (Å²) in [6, 6.07) is 0. The zero-order chi connectivity index (χ0) is 18.4. The molecular formula is C19H24O6. The lowest BCUT2D eigenvalue weighted by atomic mass is 9.51. The number of esters is 2. The fraction of sp³-hybridized carbons (Fsp3) is 0.684. The zero-order valence-electron chi connectivity index (χ0n) is 15.0. The maximum atomic E-state index is 12.3. The van der Waals surface area contributed by atoms with Crippen molar-refractivity contribution < 1.29 is 28.9 Å². The molecule has 0 amide bonds. The number of rotatable bonds is 2. The Hall–Kier alpha value is -1.66. The monoisotopic (exact) mass is 348 g/mol. The molecule has 4 aliphatic rings. The molecule has 0 aromatic rings. The van der Waals surface area contributed by atoms with E-state index < -0.39 is 34.8 Å². The molecular weight excluding hydrogens is 324 g/mol. The molecule has 0 aromatic carbocycles. The van der Waals surface area contributed by atoms with E-state index in [1.807, 2.05) is 6.92 Å². The summed E-state index contributed by atoms with van der Waals surface area (Å²) in [6.07, 6.45) is 1.21. The van der Waals surface area contributed by atoms with Crippen LogP contribution in [0.3, 0.4) is 0 Å². The van der Waals surface area contributed by atoms with Crippen LogP contribution >= 0.6 is 0 Å². The Bertz CT molecular complexity index is 738. The van der Waals surface area contributed by atoms with Gasteiger partial charge in [0.25, 0.3) is 0 Å². The predicted octanol–water partition coefficient (Wildman–Crippen LogP) is 2.01. The van der Waals surface area contributed by atoms with Gasteiger partial charge in [0, 0.05) is 23.0 Å². The van der Waals surface area contributed by atoms with Gasteiger partial charge >= 0.3 is 11.9 Å². The van der Waals surface area contributed by atoms with Gasteiger partial charge < -0.3 is 19.3 Å². The average Bonchev–Trinajstić information content (AvgIpc) is 3.17. The summed E-state index contributed by atoms with van der Waals surface area (Å²) >= 11 is 0. The van der Waals surface area contributed by atoms with Crippen molar-refractivity contribution in [2.45, 2.75) is 70.6 Å². The standard InChI is InChI=1S/C19H24O6/c1-9(2)15(20)23-14-13-11(4)16(21)25-19(13,22)8-18-12(24-18)7-6-10(3)17(14,18)5/h10,12,14,22H,1,6-8H2,2-5H3/t10-,12+,14+,17-,18+,19+/m0/s1. The molecule has 0 unspecified atom stereocenters. The van der Waals surface area contributed by atoms with Crippen LogP contribution in [0.1, 0.15) is 47.0 Å². The Kier molecular flexibility index (Phi) is 3.18. The third-order valence-corrected chi connectivity index (χ3v) is 6.89. The van der Waals surface area contributed by atoms with E-state index in [1.165, 1.54) is 0 Å². The van der Waals surface area contributed by atoms with Crippen molar-refractivity contribution in [3.63, 3.8) is 0 Å². The van der Waals surface area contributed by atoms with Crippen molar-refractivity contribution >= 4 is 11.9 Å². The second-order valence-corrected chi connectivity index (χ2v) is 8.21. The smallest absolute Gasteiger partial charge is 0.336 e. The summed E-state index contributed by atoms with van der Waals surface area (Å²) in [5, 5.41) is 11.1. The molecule has 6 atom stereocenters. The van der Waals surface area contributed by atoms with Crippen LogP contribution in [0, 0.1) is 11.3 Å². The highest BCUT2D eigenvalue weighted by Gasteiger charge is 2.80. The van der Waals surface area contributed by atoms with Crippen molar-refractivity contribution in [3.8, 4) is 0 Å². The molecule has 0 aromatic heterocycles. The Balaban J connectivity index is 1.89. The van der Waals surface area contributed by atoms with Gasteiger partial charge in [-0.15, -0.1) is 0 Å². The Morgan fingerprint density at radius 2 is 2.08 bits per heavy atom. The van der Waals surface area contributed by atoms with Crippen LogP contribution in [0.2, 0.25) is 0 Å². The summed E-state index contributed by atoms with van der Waals surface area (Å²) in [5.74, 6) is -2.70. The van der Waals surface area contributed by atoms with E-state index in [2.05, 4.69) is 13.5 Å². The SMILES string of the molecule is C=C(C)C(=O)O[C@@H]1C2=C(C)C(=O)O[C@]2(O)C[C@@]23O[C@@H]2CC[C@H](C)[C@@]13C. The number of carbonyl (C=O) groups excluding carboxylic acids is 2. The Labute approximate surface area is 146 Å². The van der Waals surface area contributed by atoms with Gasteiger partial charge in [-0.2, -0.15) is 0 Å². The molecule has 0 bridgehead atoms. The van der Waals surface area contributed by atoms with Gasteiger partial charge in [0.1, 0.15) is 11.7 Å². The van der Waals surface area contributed by atoms with Gasteiger partial charge in [-0.05, 0) is 32.6 Å². The van der Waals surface area contributed by atoms with E-state index in [-0.39, 0.29) is 24.0 Å². The third kappa shape index (κ3) is 1.87. The molecule has 6 heteroatoms. The van der Waals surface area contributed by atoms with E-state index in [4.69, 9.17) is 14.2 Å².